The molecule has 0 bridgehead atoms. The quantitative estimate of drug-likeness (QED) is 0.560. The Labute approximate surface area is 154 Å². The molecule has 1 atom stereocenters. The summed E-state index contributed by atoms with van der Waals surface area (Å²) in [5, 5.41) is 22.2. The molecule has 0 aliphatic carbocycles. The van der Waals surface area contributed by atoms with E-state index in [2.05, 4.69) is 29.7 Å². The first-order chi connectivity index (χ1) is 12.0. The van der Waals surface area contributed by atoms with Gasteiger partial charge in [0.25, 0.3) is 0 Å². The van der Waals surface area contributed by atoms with Gasteiger partial charge in [0.1, 0.15) is 6.54 Å². The fourth-order valence-electron chi connectivity index (χ4n) is 1.87. The average Bonchev–Trinajstić information content (AvgIpc) is 2.51. The maximum absolute atomic E-state index is 11.6. The van der Waals surface area contributed by atoms with Gasteiger partial charge in [0, 0.05) is 0 Å². The minimum absolute atomic E-state index is 0.0678. The zero-order valence-electron chi connectivity index (χ0n) is 15.9. The molecule has 1 aromatic rings. The van der Waals surface area contributed by atoms with Crippen LogP contribution in [-0.4, -0.2) is 47.2 Å². The molecule has 26 heavy (non-hydrogen) atoms. The minimum Gasteiger partial charge on any atom is -0.481 e. The van der Waals surface area contributed by atoms with E-state index in [0.29, 0.717) is 6.54 Å². The average molecular weight is 366 g/mol. The summed E-state index contributed by atoms with van der Waals surface area (Å²) in [5.41, 5.74) is 1.39. The Hall–Kier alpha value is -2.41. The normalized spacial score (nSPS) is 11.7. The second-order valence-corrected chi connectivity index (χ2v) is 7.18. The monoisotopic (exact) mass is 366 g/mol. The van der Waals surface area contributed by atoms with E-state index in [1.807, 2.05) is 39.0 Å². The van der Waals surface area contributed by atoms with E-state index in [-0.39, 0.29) is 11.8 Å². The van der Waals surface area contributed by atoms with Crippen LogP contribution in [0.25, 0.3) is 0 Å². The number of rotatable bonds is 8. The van der Waals surface area contributed by atoms with E-state index < -0.39 is 30.4 Å². The molecule has 7 nitrogen and oxygen atoms in total. The Balaban J connectivity index is 0.000000735. The highest BCUT2D eigenvalue weighted by atomic mass is 16.4. The van der Waals surface area contributed by atoms with Crippen LogP contribution in [0.15, 0.2) is 30.3 Å². The molecule has 0 aliphatic heterocycles. The van der Waals surface area contributed by atoms with Crippen molar-refractivity contribution in [1.29, 1.82) is 0 Å². The summed E-state index contributed by atoms with van der Waals surface area (Å²) in [7, 11) is 0. The number of hydrogen-bond donors (Lipinski definition) is 4. The van der Waals surface area contributed by atoms with Crippen LogP contribution < -0.4 is 10.6 Å². The van der Waals surface area contributed by atoms with E-state index in [1.165, 1.54) is 5.56 Å². The van der Waals surface area contributed by atoms with E-state index in [9.17, 15) is 14.4 Å². The molecule has 1 rings (SSSR count). The lowest BCUT2D eigenvalue weighted by Crippen LogP contribution is -2.47. The minimum atomic E-state index is -1.17. The van der Waals surface area contributed by atoms with Crippen molar-refractivity contribution in [2.24, 2.45) is 5.41 Å². The number of carboxylic acids is 2. The maximum atomic E-state index is 11.6. The van der Waals surface area contributed by atoms with Crippen molar-refractivity contribution >= 4 is 17.8 Å². The van der Waals surface area contributed by atoms with Gasteiger partial charge in [-0.05, 0) is 25.3 Å². The van der Waals surface area contributed by atoms with Crippen molar-refractivity contribution in [2.45, 2.75) is 46.6 Å². The Morgan fingerprint density at radius 3 is 2.00 bits per heavy atom. The molecule has 0 saturated heterocycles. The molecule has 1 unspecified atom stereocenters. The van der Waals surface area contributed by atoms with Crippen LogP contribution in [0, 0.1) is 12.3 Å². The molecule has 0 aliphatic rings. The third kappa shape index (κ3) is 14.0. The van der Waals surface area contributed by atoms with Crippen molar-refractivity contribution in [3.05, 3.63) is 35.9 Å². The highest BCUT2D eigenvalue weighted by Crippen LogP contribution is 2.17. The lowest BCUT2D eigenvalue weighted by atomic mass is 9.92. The van der Waals surface area contributed by atoms with Crippen LogP contribution in [-0.2, 0) is 14.4 Å². The summed E-state index contributed by atoms with van der Waals surface area (Å²) < 4.78 is 0. The van der Waals surface area contributed by atoms with Crippen LogP contribution in [0.4, 0.5) is 0 Å². The van der Waals surface area contributed by atoms with E-state index >= 15 is 0 Å². The van der Waals surface area contributed by atoms with Gasteiger partial charge in [0.2, 0.25) is 5.91 Å². The Morgan fingerprint density at radius 1 is 1.04 bits per heavy atom. The molecular weight excluding hydrogens is 336 g/mol. The molecule has 146 valence electrons. The second kappa shape index (κ2) is 12.0. The summed E-state index contributed by atoms with van der Waals surface area (Å²) in [5.74, 6) is -2.89. The SMILES string of the molecule is CC(C)(C)CCNC(CC(=O)O)C(=O)NCC(=O)O.Cc1ccccc1. The standard InChI is InChI=1S/C12H22N2O5.C7H8/c1-12(2,3)4-5-13-8(6-9(15)16)11(19)14-7-10(17)18;1-7-5-3-2-4-6-7/h8,13H,4-7H2,1-3H3,(H,14,19)(H,15,16)(H,17,18);2-6H,1H3. The van der Waals surface area contributed by atoms with Gasteiger partial charge in [-0.1, -0.05) is 56.7 Å². The zero-order valence-corrected chi connectivity index (χ0v) is 15.9. The summed E-state index contributed by atoms with van der Waals surface area (Å²) >= 11 is 0. The molecule has 0 saturated carbocycles. The number of aryl methyl sites for hydroxylation is 1. The van der Waals surface area contributed by atoms with E-state index in [1.54, 1.807) is 0 Å². The first-order valence-corrected chi connectivity index (χ1v) is 8.47. The Morgan fingerprint density at radius 2 is 1.62 bits per heavy atom. The fraction of sp³-hybridized carbons (Fsp3) is 0.526. The first-order valence-electron chi connectivity index (χ1n) is 8.47. The number of hydrogen-bond acceptors (Lipinski definition) is 4. The molecule has 0 fully saturated rings. The van der Waals surface area contributed by atoms with Crippen LogP contribution in [0.1, 0.15) is 39.2 Å². The zero-order chi connectivity index (χ0) is 20.2. The fourth-order valence-corrected chi connectivity index (χ4v) is 1.87. The molecule has 0 spiro atoms. The van der Waals surface area contributed by atoms with Crippen LogP contribution in [0.2, 0.25) is 0 Å². The van der Waals surface area contributed by atoms with Gasteiger partial charge in [-0.15, -0.1) is 0 Å². The molecule has 7 heteroatoms. The number of nitrogens with one attached hydrogen (secondary N) is 2. The van der Waals surface area contributed by atoms with E-state index in [0.717, 1.165) is 6.42 Å². The van der Waals surface area contributed by atoms with Gasteiger partial charge in [-0.2, -0.15) is 0 Å². The Kier molecular flexibility index (Phi) is 10.9. The predicted molar refractivity (Wildman–Crippen MR) is 99.9 cm³/mol. The van der Waals surface area contributed by atoms with Crippen LogP contribution >= 0.6 is 0 Å². The van der Waals surface area contributed by atoms with Gasteiger partial charge < -0.3 is 20.8 Å². The van der Waals surface area contributed by atoms with Crippen molar-refractivity contribution < 1.29 is 24.6 Å². The predicted octanol–water partition coefficient (Wildman–Crippen LogP) is 2.05. The number of carbonyl (C=O) groups excluding carboxylic acids is 1. The largest absolute Gasteiger partial charge is 0.481 e. The molecule has 0 radical (unpaired) electrons. The molecular formula is C19H30N2O5. The highest BCUT2D eigenvalue weighted by Gasteiger charge is 2.22. The third-order valence-corrected chi connectivity index (χ3v) is 3.32. The lowest BCUT2D eigenvalue weighted by Gasteiger charge is -2.21. The van der Waals surface area contributed by atoms with Gasteiger partial charge >= 0.3 is 11.9 Å². The maximum Gasteiger partial charge on any atom is 0.322 e. The molecule has 0 aromatic heterocycles. The molecule has 1 aromatic carbocycles. The summed E-state index contributed by atoms with van der Waals surface area (Å²) in [4.78, 5) is 32.7. The van der Waals surface area contributed by atoms with Crippen molar-refractivity contribution in [3.63, 3.8) is 0 Å². The van der Waals surface area contributed by atoms with Crippen LogP contribution in [0.5, 0.6) is 0 Å². The van der Waals surface area contributed by atoms with Crippen LogP contribution in [0.3, 0.4) is 0 Å². The third-order valence-electron chi connectivity index (χ3n) is 3.32. The van der Waals surface area contributed by atoms with E-state index in [4.69, 9.17) is 10.2 Å². The van der Waals surface area contributed by atoms with Gasteiger partial charge in [-0.3, -0.25) is 14.4 Å². The smallest absolute Gasteiger partial charge is 0.322 e. The van der Waals surface area contributed by atoms with Gasteiger partial charge in [-0.25, -0.2) is 0 Å². The Bertz CT molecular complexity index is 567. The van der Waals surface area contributed by atoms with Crippen molar-refractivity contribution in [2.75, 3.05) is 13.1 Å². The second-order valence-electron chi connectivity index (χ2n) is 7.18. The molecule has 1 amide bonds. The highest BCUT2D eigenvalue weighted by molar-refractivity contribution is 5.88. The number of benzene rings is 1. The number of carboxylic acid groups (broad SMARTS) is 2. The molecule has 4 N–H and O–H groups in total. The lowest BCUT2D eigenvalue weighted by molar-refractivity contribution is -0.140. The first kappa shape index (κ1) is 23.6. The number of amides is 1. The summed E-state index contributed by atoms with van der Waals surface area (Å²) in [6, 6.07) is 9.34. The van der Waals surface area contributed by atoms with Crippen molar-refractivity contribution in [1.82, 2.24) is 10.6 Å². The summed E-state index contributed by atoms with van der Waals surface area (Å²) in [6.07, 6.45) is 0.394. The van der Waals surface area contributed by atoms with Gasteiger partial charge in [0.15, 0.2) is 0 Å². The number of aliphatic carboxylic acids is 2. The van der Waals surface area contributed by atoms with Gasteiger partial charge in [0.05, 0.1) is 12.5 Å². The van der Waals surface area contributed by atoms with Crippen molar-refractivity contribution in [3.8, 4) is 0 Å². The number of carbonyl (C=O) groups is 3. The summed E-state index contributed by atoms with van der Waals surface area (Å²) in [6.45, 7) is 8.15. The molecule has 0 heterocycles. The topological polar surface area (TPSA) is 116 Å².